The Morgan fingerprint density at radius 1 is 1.28 bits per heavy atom. The first kappa shape index (κ1) is 12.9. The molecular formula is C14H19NO2Si. The number of para-hydroxylation sites is 1. The van der Waals surface area contributed by atoms with E-state index in [1.807, 2.05) is 31.2 Å². The minimum Gasteiger partial charge on any atom is -0.451 e. The van der Waals surface area contributed by atoms with Gasteiger partial charge in [0.2, 0.25) is 0 Å². The quantitative estimate of drug-likeness (QED) is 0.863. The lowest BCUT2D eigenvalue weighted by Gasteiger charge is -2.16. The lowest BCUT2D eigenvalue weighted by atomic mass is 10.2. The number of fused-ring (bicyclic) bond motifs is 1. The van der Waals surface area contributed by atoms with Gasteiger partial charge < -0.3 is 9.73 Å². The van der Waals surface area contributed by atoms with E-state index < -0.39 is 8.07 Å². The van der Waals surface area contributed by atoms with Crippen LogP contribution < -0.4 is 10.5 Å². The van der Waals surface area contributed by atoms with Crippen LogP contribution in [0.25, 0.3) is 11.0 Å². The Morgan fingerprint density at radius 2 is 1.94 bits per heavy atom. The summed E-state index contributed by atoms with van der Waals surface area (Å²) >= 11 is 0. The Bertz CT molecular complexity index is 581. The fraction of sp³-hybridized carbons (Fsp3) is 0.357. The normalized spacial score (nSPS) is 11.8. The van der Waals surface area contributed by atoms with Gasteiger partial charge in [0.1, 0.15) is 5.58 Å². The lowest BCUT2D eigenvalue weighted by Crippen LogP contribution is -2.42. The summed E-state index contributed by atoms with van der Waals surface area (Å²) in [7, 11) is -1.64. The topological polar surface area (TPSA) is 42.2 Å². The second kappa shape index (κ2) is 4.61. The van der Waals surface area contributed by atoms with E-state index in [9.17, 15) is 4.79 Å². The third-order valence-electron chi connectivity index (χ3n) is 2.89. The van der Waals surface area contributed by atoms with Crippen molar-refractivity contribution in [3.05, 3.63) is 30.0 Å². The van der Waals surface area contributed by atoms with Gasteiger partial charge in [-0.05, 0) is 18.2 Å². The number of carbonyl (C=O) groups is 1. The molecule has 96 valence electrons. The van der Waals surface area contributed by atoms with Gasteiger partial charge in [-0.25, -0.2) is 0 Å². The van der Waals surface area contributed by atoms with Crippen molar-refractivity contribution in [2.24, 2.45) is 0 Å². The molecule has 0 fully saturated rings. The monoisotopic (exact) mass is 261 g/mol. The second-order valence-corrected chi connectivity index (χ2v) is 10.4. The zero-order chi connectivity index (χ0) is 13.3. The fourth-order valence-corrected chi connectivity index (χ4v) is 4.05. The Labute approximate surface area is 108 Å². The number of hydrogen-bond acceptors (Lipinski definition) is 2. The predicted molar refractivity (Wildman–Crippen MR) is 77.2 cm³/mol. The number of amides is 1. The maximum absolute atomic E-state index is 12.1. The van der Waals surface area contributed by atoms with Gasteiger partial charge in [-0.2, -0.15) is 0 Å². The van der Waals surface area contributed by atoms with Crippen molar-refractivity contribution in [2.75, 3.05) is 6.54 Å². The zero-order valence-electron chi connectivity index (χ0n) is 11.3. The summed E-state index contributed by atoms with van der Waals surface area (Å²) in [4.78, 5) is 12.1. The first-order chi connectivity index (χ1) is 8.45. The number of hydrogen-bond donors (Lipinski definition) is 1. The summed E-state index contributed by atoms with van der Waals surface area (Å²) in [6, 6.07) is 7.88. The van der Waals surface area contributed by atoms with Gasteiger partial charge >= 0.3 is 0 Å². The average Bonchev–Trinajstić information content (AvgIpc) is 2.68. The number of rotatable bonds is 3. The van der Waals surface area contributed by atoms with E-state index in [4.69, 9.17) is 4.42 Å². The predicted octanol–water partition coefficient (Wildman–Crippen LogP) is 2.73. The molecule has 18 heavy (non-hydrogen) atoms. The first-order valence-electron chi connectivity index (χ1n) is 6.25. The number of nitrogens with one attached hydrogen (secondary N) is 1. The smallest absolute Gasteiger partial charge is 0.286 e. The number of carbonyl (C=O) groups excluding carboxylic acids is 1. The summed E-state index contributed by atoms with van der Waals surface area (Å²) in [6.07, 6.45) is 0. The molecule has 3 nitrogen and oxygen atoms in total. The van der Waals surface area contributed by atoms with Crippen LogP contribution in [0.2, 0.25) is 19.6 Å². The molecule has 0 atom stereocenters. The minimum absolute atomic E-state index is 0.105. The van der Waals surface area contributed by atoms with Gasteiger partial charge in [-0.1, -0.05) is 37.8 Å². The maximum Gasteiger partial charge on any atom is 0.286 e. The molecule has 0 saturated heterocycles. The van der Waals surface area contributed by atoms with Gasteiger partial charge in [0, 0.05) is 11.9 Å². The van der Waals surface area contributed by atoms with E-state index >= 15 is 0 Å². The Hall–Kier alpha value is -1.55. The molecule has 1 aromatic heterocycles. The van der Waals surface area contributed by atoms with Gasteiger partial charge in [0.15, 0.2) is 5.76 Å². The van der Waals surface area contributed by atoms with Gasteiger partial charge in [0.05, 0.1) is 8.07 Å². The zero-order valence-corrected chi connectivity index (χ0v) is 12.3. The van der Waals surface area contributed by atoms with Crippen LogP contribution >= 0.6 is 0 Å². The van der Waals surface area contributed by atoms with Gasteiger partial charge in [-0.15, -0.1) is 0 Å². The molecular weight excluding hydrogens is 242 g/mol. The fourth-order valence-electron chi connectivity index (χ4n) is 2.19. The average molecular weight is 261 g/mol. The van der Waals surface area contributed by atoms with Crippen LogP contribution in [0.15, 0.2) is 28.7 Å². The van der Waals surface area contributed by atoms with Crippen LogP contribution in [0.1, 0.15) is 17.5 Å². The van der Waals surface area contributed by atoms with Crippen LogP contribution in [-0.4, -0.2) is 20.5 Å². The lowest BCUT2D eigenvalue weighted by molar-refractivity contribution is 0.0932. The second-order valence-electron chi connectivity index (χ2n) is 5.41. The van der Waals surface area contributed by atoms with Gasteiger partial charge in [0.25, 0.3) is 5.91 Å². The largest absolute Gasteiger partial charge is 0.451 e. The molecule has 2 aromatic rings. The molecule has 2 rings (SSSR count). The minimum atomic E-state index is -1.64. The molecule has 0 saturated carbocycles. The SMILES string of the molecule is CCNC(=O)c1oc2ccccc2c1[Si](C)(C)C. The van der Waals surface area contributed by atoms with Crippen molar-refractivity contribution in [1.82, 2.24) is 5.32 Å². The van der Waals surface area contributed by atoms with E-state index in [1.54, 1.807) is 0 Å². The van der Waals surface area contributed by atoms with E-state index in [1.165, 1.54) is 0 Å². The number of furan rings is 1. The van der Waals surface area contributed by atoms with Crippen molar-refractivity contribution >= 4 is 30.1 Å². The molecule has 0 aliphatic rings. The Kier molecular flexibility index (Phi) is 3.30. The van der Waals surface area contributed by atoms with E-state index in [-0.39, 0.29) is 5.91 Å². The van der Waals surface area contributed by atoms with Gasteiger partial charge in [-0.3, -0.25) is 4.79 Å². The highest BCUT2D eigenvalue weighted by Crippen LogP contribution is 2.21. The molecule has 1 N–H and O–H groups in total. The summed E-state index contributed by atoms with van der Waals surface area (Å²) in [6.45, 7) is 9.21. The van der Waals surface area contributed by atoms with Crippen LogP contribution in [0.5, 0.6) is 0 Å². The molecule has 0 aliphatic carbocycles. The molecule has 1 aromatic carbocycles. The standard InChI is InChI=1S/C14H19NO2Si/c1-5-15-14(16)12-13(18(2,3)4)10-8-6-7-9-11(10)17-12/h6-9H,5H2,1-4H3,(H,15,16). The summed E-state index contributed by atoms with van der Waals surface area (Å²) in [5, 5.41) is 5.02. The highest BCUT2D eigenvalue weighted by atomic mass is 28.3. The molecule has 1 amide bonds. The third-order valence-corrected chi connectivity index (χ3v) is 4.89. The molecule has 0 bridgehead atoms. The summed E-state index contributed by atoms with van der Waals surface area (Å²) in [5.74, 6) is 0.392. The molecule has 0 spiro atoms. The Morgan fingerprint density at radius 3 is 2.56 bits per heavy atom. The Balaban J connectivity index is 2.68. The van der Waals surface area contributed by atoms with Crippen LogP contribution in [0.3, 0.4) is 0 Å². The van der Waals surface area contributed by atoms with Crippen LogP contribution in [0, 0.1) is 0 Å². The summed E-state index contributed by atoms with van der Waals surface area (Å²) in [5.41, 5.74) is 0.802. The first-order valence-corrected chi connectivity index (χ1v) is 9.75. The molecule has 0 aliphatic heterocycles. The van der Waals surface area contributed by atoms with E-state index in [0.717, 1.165) is 16.2 Å². The van der Waals surface area contributed by atoms with Crippen molar-refractivity contribution in [3.8, 4) is 0 Å². The van der Waals surface area contributed by atoms with E-state index in [2.05, 4.69) is 25.0 Å². The third kappa shape index (κ3) is 2.20. The number of benzene rings is 1. The van der Waals surface area contributed by atoms with Crippen molar-refractivity contribution in [1.29, 1.82) is 0 Å². The molecule has 1 heterocycles. The van der Waals surface area contributed by atoms with Crippen molar-refractivity contribution < 1.29 is 9.21 Å². The molecule has 4 heteroatoms. The maximum atomic E-state index is 12.1. The van der Waals surface area contributed by atoms with Crippen molar-refractivity contribution in [3.63, 3.8) is 0 Å². The highest BCUT2D eigenvalue weighted by molar-refractivity contribution is 6.91. The van der Waals surface area contributed by atoms with E-state index in [0.29, 0.717) is 12.3 Å². The highest BCUT2D eigenvalue weighted by Gasteiger charge is 2.29. The molecule has 0 unspecified atom stereocenters. The summed E-state index contributed by atoms with van der Waals surface area (Å²) < 4.78 is 5.76. The molecule has 0 radical (unpaired) electrons. The van der Waals surface area contributed by atoms with Crippen molar-refractivity contribution in [2.45, 2.75) is 26.6 Å². The van der Waals surface area contributed by atoms with Crippen LogP contribution in [-0.2, 0) is 0 Å². The van der Waals surface area contributed by atoms with Crippen LogP contribution in [0.4, 0.5) is 0 Å².